The summed E-state index contributed by atoms with van der Waals surface area (Å²) < 4.78 is 24.5. The van der Waals surface area contributed by atoms with Crippen LogP contribution >= 0.6 is 0 Å². The Hall–Kier alpha value is -0.650. The molecule has 0 aliphatic heterocycles. The van der Waals surface area contributed by atoms with E-state index < -0.39 is 16.1 Å². The molecule has 0 radical (unpaired) electrons. The molecular weight excluding hydrogens is 239 g/mol. The molecule has 0 aliphatic rings. The summed E-state index contributed by atoms with van der Waals surface area (Å²) in [5, 5.41) is 5.45. The fourth-order valence-corrected chi connectivity index (χ4v) is 2.17. The van der Waals surface area contributed by atoms with E-state index in [1.54, 1.807) is 12.3 Å². The zero-order chi connectivity index (χ0) is 13.1. The Morgan fingerprint density at radius 1 is 1.59 bits per heavy atom. The quantitative estimate of drug-likeness (QED) is 0.825. The van der Waals surface area contributed by atoms with Crippen LogP contribution in [-0.2, 0) is 11.4 Å². The predicted octanol–water partition coefficient (Wildman–Crippen LogP) is 2.51. The molecule has 0 aliphatic carbocycles. The van der Waals surface area contributed by atoms with Gasteiger partial charge in [-0.25, -0.2) is 4.39 Å². The van der Waals surface area contributed by atoms with Gasteiger partial charge in [-0.05, 0) is 32.4 Å². The minimum absolute atomic E-state index is 0.0568. The molecule has 0 fully saturated rings. The maximum absolute atomic E-state index is 13.6. The highest BCUT2D eigenvalue weighted by molar-refractivity contribution is 7.90. The van der Waals surface area contributed by atoms with Gasteiger partial charge < -0.3 is 4.55 Å². The molecule has 0 saturated heterocycles. The van der Waals surface area contributed by atoms with Crippen molar-refractivity contribution < 1.29 is 8.94 Å². The molecule has 5 heteroatoms. The number of pyridine rings is 1. The summed E-state index contributed by atoms with van der Waals surface area (Å²) in [7, 11) is 0. The van der Waals surface area contributed by atoms with Crippen molar-refractivity contribution in [1.29, 1.82) is 0 Å². The number of nitrogens with zero attached hydrogens (tertiary/aromatic N) is 1. The second-order valence-electron chi connectivity index (χ2n) is 4.74. The summed E-state index contributed by atoms with van der Waals surface area (Å²) in [4.78, 5) is 4.08. The lowest BCUT2D eigenvalue weighted by Crippen LogP contribution is -2.39. The summed E-state index contributed by atoms with van der Waals surface area (Å²) in [5.41, 5.74) is 0.438. The van der Waals surface area contributed by atoms with Gasteiger partial charge in [-0.2, -0.15) is 5.14 Å². The standard InChI is InChI=1S/C12H19FN2OS/c1-4-9(8-12(2,3)17(14)16)11-10(13)6-5-7-15-11/h5-7,9H,4,8,14H2,1-3H3. The van der Waals surface area contributed by atoms with E-state index in [1.807, 2.05) is 20.8 Å². The third-order valence-corrected chi connectivity index (χ3v) is 4.20. The second kappa shape index (κ2) is 5.80. The minimum Gasteiger partial charge on any atom is -0.598 e. The van der Waals surface area contributed by atoms with Crippen LogP contribution in [-0.4, -0.2) is 14.3 Å². The average Bonchev–Trinajstić information content (AvgIpc) is 2.26. The number of nitrogens with two attached hydrogens (primary N) is 1. The Bertz CT molecular complexity index is 371. The van der Waals surface area contributed by atoms with Crippen LogP contribution in [0.25, 0.3) is 0 Å². The molecule has 1 rings (SSSR count). The van der Waals surface area contributed by atoms with E-state index in [0.29, 0.717) is 12.1 Å². The lowest BCUT2D eigenvalue weighted by Gasteiger charge is -2.28. The van der Waals surface area contributed by atoms with Crippen LogP contribution in [0, 0.1) is 5.82 Å². The normalized spacial score (nSPS) is 15.6. The number of halogens is 1. The first-order valence-corrected chi connectivity index (χ1v) is 6.86. The van der Waals surface area contributed by atoms with Gasteiger partial charge in [0.15, 0.2) is 0 Å². The first-order valence-electron chi connectivity index (χ1n) is 5.65. The van der Waals surface area contributed by atoms with Crippen molar-refractivity contribution in [2.24, 2.45) is 5.14 Å². The molecule has 0 saturated carbocycles. The molecule has 0 spiro atoms. The van der Waals surface area contributed by atoms with Gasteiger partial charge in [0.2, 0.25) is 0 Å². The lowest BCUT2D eigenvalue weighted by atomic mass is 9.90. The van der Waals surface area contributed by atoms with Crippen molar-refractivity contribution in [3.8, 4) is 0 Å². The van der Waals surface area contributed by atoms with Crippen molar-refractivity contribution >= 4 is 11.4 Å². The van der Waals surface area contributed by atoms with E-state index in [1.165, 1.54) is 6.07 Å². The molecule has 2 N–H and O–H groups in total. The van der Waals surface area contributed by atoms with Crippen LogP contribution in [0.4, 0.5) is 4.39 Å². The lowest BCUT2D eigenvalue weighted by molar-refractivity contribution is 0.457. The van der Waals surface area contributed by atoms with Gasteiger partial charge in [-0.3, -0.25) is 4.98 Å². The molecule has 1 heterocycles. The van der Waals surface area contributed by atoms with E-state index in [0.717, 1.165) is 6.42 Å². The Kier molecular flexibility index (Phi) is 4.91. The monoisotopic (exact) mass is 258 g/mol. The van der Waals surface area contributed by atoms with Gasteiger partial charge in [0.05, 0.1) is 5.69 Å². The van der Waals surface area contributed by atoms with Crippen LogP contribution in [0.3, 0.4) is 0 Å². The molecule has 2 atom stereocenters. The summed E-state index contributed by atoms with van der Waals surface area (Å²) >= 11 is -1.43. The van der Waals surface area contributed by atoms with Gasteiger partial charge in [-0.15, -0.1) is 0 Å². The number of rotatable bonds is 5. The number of hydrogen-bond donors (Lipinski definition) is 1. The van der Waals surface area contributed by atoms with E-state index in [2.05, 4.69) is 4.98 Å². The number of hydrogen-bond acceptors (Lipinski definition) is 3. The molecular formula is C12H19FN2OS. The average molecular weight is 258 g/mol. The molecule has 2 unspecified atom stereocenters. The Morgan fingerprint density at radius 3 is 2.71 bits per heavy atom. The molecule has 3 nitrogen and oxygen atoms in total. The van der Waals surface area contributed by atoms with Crippen LogP contribution < -0.4 is 5.14 Å². The molecule has 0 bridgehead atoms. The van der Waals surface area contributed by atoms with Gasteiger partial charge >= 0.3 is 0 Å². The largest absolute Gasteiger partial charge is 0.598 e. The summed E-state index contributed by atoms with van der Waals surface area (Å²) in [5.74, 6) is -0.364. The van der Waals surface area contributed by atoms with E-state index >= 15 is 0 Å². The zero-order valence-corrected chi connectivity index (χ0v) is 11.3. The zero-order valence-electron chi connectivity index (χ0n) is 10.4. The fraction of sp³-hybridized carbons (Fsp3) is 0.583. The Labute approximate surface area is 105 Å². The highest BCUT2D eigenvalue weighted by Gasteiger charge is 2.34. The molecule has 1 aromatic rings. The van der Waals surface area contributed by atoms with Gasteiger partial charge in [0, 0.05) is 29.9 Å². The van der Waals surface area contributed by atoms with Crippen molar-refractivity contribution in [3.05, 3.63) is 29.8 Å². The van der Waals surface area contributed by atoms with Gasteiger partial charge in [-0.1, -0.05) is 6.92 Å². The molecule has 96 valence electrons. The first kappa shape index (κ1) is 14.4. The SMILES string of the molecule is CCC(CC(C)(C)[S+](N)[O-])c1ncccc1F. The van der Waals surface area contributed by atoms with Crippen LogP contribution in [0.1, 0.15) is 45.2 Å². The molecule has 17 heavy (non-hydrogen) atoms. The Balaban J connectivity index is 2.90. The topological polar surface area (TPSA) is 62.0 Å². The third-order valence-electron chi connectivity index (χ3n) is 2.95. The highest BCUT2D eigenvalue weighted by atomic mass is 32.2. The van der Waals surface area contributed by atoms with Gasteiger partial charge in [0.1, 0.15) is 10.6 Å². The summed E-state index contributed by atoms with van der Waals surface area (Å²) in [6.45, 7) is 5.62. The highest BCUT2D eigenvalue weighted by Crippen LogP contribution is 2.32. The van der Waals surface area contributed by atoms with E-state index in [4.69, 9.17) is 5.14 Å². The molecule has 0 amide bonds. The van der Waals surface area contributed by atoms with Crippen LogP contribution in [0.15, 0.2) is 18.3 Å². The maximum atomic E-state index is 13.6. The van der Waals surface area contributed by atoms with Crippen molar-refractivity contribution in [1.82, 2.24) is 4.98 Å². The summed E-state index contributed by atoms with van der Waals surface area (Å²) in [6, 6.07) is 2.97. The third kappa shape index (κ3) is 3.66. The van der Waals surface area contributed by atoms with E-state index in [-0.39, 0.29) is 11.7 Å². The minimum atomic E-state index is -1.43. The molecule has 1 aromatic heterocycles. The first-order chi connectivity index (χ1) is 7.88. The predicted molar refractivity (Wildman–Crippen MR) is 68.3 cm³/mol. The van der Waals surface area contributed by atoms with Crippen molar-refractivity contribution in [2.45, 2.75) is 44.3 Å². The van der Waals surface area contributed by atoms with Crippen LogP contribution in [0.5, 0.6) is 0 Å². The second-order valence-corrected chi connectivity index (χ2v) is 6.44. The summed E-state index contributed by atoms with van der Waals surface area (Å²) in [6.07, 6.45) is 2.88. The smallest absolute Gasteiger partial charge is 0.144 e. The van der Waals surface area contributed by atoms with Gasteiger partial charge in [0.25, 0.3) is 0 Å². The van der Waals surface area contributed by atoms with Crippen molar-refractivity contribution in [3.63, 3.8) is 0 Å². The number of aromatic nitrogens is 1. The van der Waals surface area contributed by atoms with Crippen LogP contribution in [0.2, 0.25) is 0 Å². The molecule has 0 aromatic carbocycles. The van der Waals surface area contributed by atoms with Crippen molar-refractivity contribution in [2.75, 3.05) is 0 Å². The Morgan fingerprint density at radius 2 is 2.24 bits per heavy atom. The van der Waals surface area contributed by atoms with E-state index in [9.17, 15) is 8.94 Å². The maximum Gasteiger partial charge on any atom is 0.144 e. The fourth-order valence-electron chi connectivity index (χ4n) is 1.81.